The van der Waals surface area contributed by atoms with Crippen molar-refractivity contribution in [1.82, 2.24) is 25.9 Å². The lowest BCUT2D eigenvalue weighted by molar-refractivity contribution is -0.137. The molecule has 1 atom stereocenters. The van der Waals surface area contributed by atoms with E-state index in [1.54, 1.807) is 0 Å². The third kappa shape index (κ3) is 4.56. The molecule has 1 heterocycles. The van der Waals surface area contributed by atoms with E-state index in [9.17, 15) is 14.4 Å². The smallest absolute Gasteiger partial charge is 0.407 e. The van der Waals surface area contributed by atoms with Gasteiger partial charge in [-0.05, 0) is 33.9 Å². The van der Waals surface area contributed by atoms with Crippen LogP contribution in [0.25, 0.3) is 11.1 Å². The molecule has 2 aromatic carbocycles. The fraction of sp³-hybridized carbons (Fsp3) is 0.238. The molecule has 4 N–H and O–H groups in total. The lowest BCUT2D eigenvalue weighted by Crippen LogP contribution is -2.44. The number of fused-ring (bicyclic) bond motifs is 3. The number of carbonyl (C=O) groups excluding carboxylic acids is 2. The number of carboxylic acid groups (broad SMARTS) is 1. The van der Waals surface area contributed by atoms with Gasteiger partial charge in [0.1, 0.15) is 12.6 Å². The third-order valence-corrected chi connectivity index (χ3v) is 5.18. The first kappa shape index (κ1) is 21.0. The number of aliphatic carboxylic acids is 1. The van der Waals surface area contributed by atoms with Crippen molar-refractivity contribution in [2.75, 3.05) is 11.9 Å². The topological polar surface area (TPSA) is 159 Å². The van der Waals surface area contributed by atoms with Crippen LogP contribution in [0.1, 0.15) is 29.9 Å². The predicted octanol–water partition coefficient (Wildman–Crippen LogP) is 1.91. The van der Waals surface area contributed by atoms with Crippen molar-refractivity contribution < 1.29 is 24.2 Å². The Morgan fingerprint density at radius 2 is 1.72 bits per heavy atom. The highest BCUT2D eigenvalue weighted by molar-refractivity contribution is 5.95. The van der Waals surface area contributed by atoms with Gasteiger partial charge in [-0.25, -0.2) is 4.79 Å². The molecule has 0 fully saturated rings. The Kier molecular flexibility index (Phi) is 6.06. The number of hydrogen-bond donors (Lipinski definition) is 4. The molecule has 1 unspecified atom stereocenters. The number of anilines is 1. The molecular weight excluding hydrogens is 416 g/mol. The number of amides is 2. The van der Waals surface area contributed by atoms with E-state index in [-0.39, 0.29) is 31.3 Å². The zero-order valence-corrected chi connectivity index (χ0v) is 16.8. The molecular formula is C21H20N6O5. The molecule has 32 heavy (non-hydrogen) atoms. The first-order valence-corrected chi connectivity index (χ1v) is 9.90. The molecule has 1 aromatic heterocycles. The SMILES string of the molecule is O=C(O)CCC(NC(=O)OCC1c2ccccc2-c2ccccc21)C(=O)Nc1nn[nH]n1. The molecule has 0 aliphatic heterocycles. The van der Waals surface area contributed by atoms with Crippen LogP contribution in [0.2, 0.25) is 0 Å². The first-order valence-electron chi connectivity index (χ1n) is 9.90. The van der Waals surface area contributed by atoms with E-state index in [0.29, 0.717) is 0 Å². The molecule has 1 aliphatic carbocycles. The van der Waals surface area contributed by atoms with Gasteiger partial charge in [-0.3, -0.25) is 14.9 Å². The standard InChI is InChI=1S/C21H20N6O5/c28-18(29)10-9-17(19(30)23-20-24-26-27-25-20)22-21(31)32-11-16-14-7-3-1-5-12(14)13-6-2-4-8-15(13)16/h1-8,16-17H,9-11H2,(H,22,31)(H,28,29)(H2,23,24,25,26,27,30). The second-order valence-corrected chi connectivity index (χ2v) is 7.18. The Balaban J connectivity index is 1.42. The van der Waals surface area contributed by atoms with Gasteiger partial charge in [-0.1, -0.05) is 53.6 Å². The predicted molar refractivity (Wildman–Crippen MR) is 112 cm³/mol. The quantitative estimate of drug-likeness (QED) is 0.417. The Bertz CT molecular complexity index is 1090. The van der Waals surface area contributed by atoms with Crippen molar-refractivity contribution in [3.05, 3.63) is 59.7 Å². The van der Waals surface area contributed by atoms with Crippen LogP contribution in [-0.2, 0) is 14.3 Å². The lowest BCUT2D eigenvalue weighted by atomic mass is 9.98. The number of H-pyrrole nitrogens is 1. The van der Waals surface area contributed by atoms with Crippen LogP contribution in [0.3, 0.4) is 0 Å². The maximum atomic E-state index is 12.5. The summed E-state index contributed by atoms with van der Waals surface area (Å²) in [6.45, 7) is 0.0674. The summed E-state index contributed by atoms with van der Waals surface area (Å²) in [7, 11) is 0. The van der Waals surface area contributed by atoms with E-state index in [0.717, 1.165) is 22.3 Å². The largest absolute Gasteiger partial charge is 0.481 e. The van der Waals surface area contributed by atoms with Gasteiger partial charge < -0.3 is 15.2 Å². The number of hydrogen-bond acceptors (Lipinski definition) is 7. The van der Waals surface area contributed by atoms with E-state index >= 15 is 0 Å². The summed E-state index contributed by atoms with van der Waals surface area (Å²) in [5.41, 5.74) is 4.30. The zero-order chi connectivity index (χ0) is 22.5. The molecule has 1 aliphatic rings. The third-order valence-electron chi connectivity index (χ3n) is 5.18. The fourth-order valence-electron chi connectivity index (χ4n) is 3.73. The average Bonchev–Trinajstić information content (AvgIpc) is 3.41. The lowest BCUT2D eigenvalue weighted by Gasteiger charge is -2.18. The summed E-state index contributed by atoms with van der Waals surface area (Å²) in [4.78, 5) is 35.9. The number of carboxylic acids is 1. The minimum Gasteiger partial charge on any atom is -0.481 e. The normalized spacial score (nSPS) is 13.0. The number of alkyl carbamates (subject to hydrolysis) is 1. The second kappa shape index (κ2) is 9.25. The minimum absolute atomic E-state index is 0.0674. The molecule has 0 radical (unpaired) electrons. The van der Waals surface area contributed by atoms with Gasteiger partial charge in [0.25, 0.3) is 5.95 Å². The average molecular weight is 436 g/mol. The monoisotopic (exact) mass is 436 g/mol. The van der Waals surface area contributed by atoms with Crippen molar-refractivity contribution in [3.8, 4) is 11.1 Å². The maximum Gasteiger partial charge on any atom is 0.407 e. The number of carbonyl (C=O) groups is 3. The first-order chi connectivity index (χ1) is 15.5. The van der Waals surface area contributed by atoms with Crippen molar-refractivity contribution in [2.24, 2.45) is 0 Å². The molecule has 4 rings (SSSR count). The molecule has 11 nitrogen and oxygen atoms in total. The van der Waals surface area contributed by atoms with Crippen molar-refractivity contribution in [3.63, 3.8) is 0 Å². The molecule has 0 spiro atoms. The van der Waals surface area contributed by atoms with Gasteiger partial charge in [0, 0.05) is 12.3 Å². The number of nitrogens with one attached hydrogen (secondary N) is 3. The molecule has 0 saturated heterocycles. The van der Waals surface area contributed by atoms with E-state index in [1.165, 1.54) is 0 Å². The summed E-state index contributed by atoms with van der Waals surface area (Å²) in [6, 6.07) is 14.7. The van der Waals surface area contributed by atoms with E-state index in [1.807, 2.05) is 48.5 Å². The van der Waals surface area contributed by atoms with Crippen LogP contribution >= 0.6 is 0 Å². The highest BCUT2D eigenvalue weighted by atomic mass is 16.5. The van der Waals surface area contributed by atoms with Crippen LogP contribution in [-0.4, -0.2) is 56.3 Å². The van der Waals surface area contributed by atoms with E-state index in [4.69, 9.17) is 9.84 Å². The number of nitrogens with zero attached hydrogens (tertiary/aromatic N) is 3. The molecule has 0 bridgehead atoms. The minimum atomic E-state index is -1.15. The Hall–Kier alpha value is -4.28. The van der Waals surface area contributed by atoms with Gasteiger partial charge in [0.15, 0.2) is 0 Å². The Morgan fingerprint density at radius 1 is 1.06 bits per heavy atom. The van der Waals surface area contributed by atoms with Crippen LogP contribution in [0.15, 0.2) is 48.5 Å². The van der Waals surface area contributed by atoms with Crippen LogP contribution in [0.4, 0.5) is 10.7 Å². The van der Waals surface area contributed by atoms with Crippen molar-refractivity contribution in [2.45, 2.75) is 24.8 Å². The van der Waals surface area contributed by atoms with E-state index in [2.05, 4.69) is 31.3 Å². The number of tetrazole rings is 1. The molecule has 164 valence electrons. The molecule has 2 amide bonds. The van der Waals surface area contributed by atoms with Crippen LogP contribution in [0, 0.1) is 0 Å². The zero-order valence-electron chi connectivity index (χ0n) is 16.8. The van der Waals surface area contributed by atoms with Gasteiger partial charge in [-0.15, -0.1) is 5.10 Å². The number of aromatic amines is 1. The van der Waals surface area contributed by atoms with Crippen LogP contribution in [0.5, 0.6) is 0 Å². The van der Waals surface area contributed by atoms with Gasteiger partial charge in [0.05, 0.1) is 0 Å². The molecule has 11 heteroatoms. The van der Waals surface area contributed by atoms with Crippen LogP contribution < -0.4 is 10.6 Å². The Labute approximate surface area is 182 Å². The maximum absolute atomic E-state index is 12.5. The van der Waals surface area contributed by atoms with Gasteiger partial charge in [-0.2, -0.15) is 5.21 Å². The van der Waals surface area contributed by atoms with E-state index < -0.39 is 24.0 Å². The fourth-order valence-corrected chi connectivity index (χ4v) is 3.73. The molecule has 3 aromatic rings. The number of rotatable bonds is 8. The summed E-state index contributed by atoms with van der Waals surface area (Å²) in [6.07, 6.45) is -1.29. The highest BCUT2D eigenvalue weighted by Gasteiger charge is 2.30. The van der Waals surface area contributed by atoms with Gasteiger partial charge >= 0.3 is 12.1 Å². The number of ether oxygens (including phenoxy) is 1. The summed E-state index contributed by atoms with van der Waals surface area (Å²) < 4.78 is 5.44. The summed E-state index contributed by atoms with van der Waals surface area (Å²) in [5.74, 6) is -2.01. The Morgan fingerprint density at radius 3 is 2.31 bits per heavy atom. The summed E-state index contributed by atoms with van der Waals surface area (Å²) >= 11 is 0. The summed E-state index contributed by atoms with van der Waals surface area (Å²) in [5, 5.41) is 26.5. The number of benzene rings is 2. The van der Waals surface area contributed by atoms with Crippen molar-refractivity contribution in [1.29, 1.82) is 0 Å². The van der Waals surface area contributed by atoms with Gasteiger partial charge in [0.2, 0.25) is 5.91 Å². The molecule has 0 saturated carbocycles. The second-order valence-electron chi connectivity index (χ2n) is 7.18. The number of aromatic nitrogens is 4. The highest BCUT2D eigenvalue weighted by Crippen LogP contribution is 2.44. The van der Waals surface area contributed by atoms with Crippen molar-refractivity contribution >= 4 is 23.9 Å².